The van der Waals surface area contributed by atoms with Crippen LogP contribution in [0.5, 0.6) is 0 Å². The maximum Gasteiger partial charge on any atom is 0.277 e. The van der Waals surface area contributed by atoms with E-state index in [1.807, 2.05) is 54.6 Å². The molecule has 2 aromatic heterocycles. The number of halogens is 1. The summed E-state index contributed by atoms with van der Waals surface area (Å²) in [5, 5.41) is 1.78. The van der Waals surface area contributed by atoms with Crippen LogP contribution < -0.4 is 4.40 Å². The van der Waals surface area contributed by atoms with Gasteiger partial charge in [0.2, 0.25) is 5.65 Å². The molecule has 0 aliphatic heterocycles. The molecule has 0 bridgehead atoms. The first-order valence-electron chi connectivity index (χ1n) is 7.79. The summed E-state index contributed by atoms with van der Waals surface area (Å²) in [6, 6.07) is 24.2. The number of aromatic nitrogens is 3. The monoisotopic (exact) mass is 330 g/mol. The standard InChI is InChI=1S/C20H12ClN3/c21-15-9-3-1-7-13(15)19-22-16-10-4-2-8-14(16)20-23-17-11-5-6-12-18(17)24(19)20/h1-12H/p+1. The molecule has 0 aliphatic carbocycles. The number of hydrogen-bond acceptors (Lipinski definition) is 1. The second-order valence-electron chi connectivity index (χ2n) is 5.76. The minimum atomic E-state index is 0.694. The van der Waals surface area contributed by atoms with Crippen molar-refractivity contribution in [2.75, 3.05) is 0 Å². The van der Waals surface area contributed by atoms with E-state index in [4.69, 9.17) is 16.6 Å². The van der Waals surface area contributed by atoms with Crippen LogP contribution in [0.2, 0.25) is 5.02 Å². The molecule has 1 N–H and O–H groups in total. The lowest BCUT2D eigenvalue weighted by Crippen LogP contribution is -2.25. The van der Waals surface area contributed by atoms with E-state index in [9.17, 15) is 0 Å². The van der Waals surface area contributed by atoms with Gasteiger partial charge in [-0.15, -0.1) is 4.98 Å². The van der Waals surface area contributed by atoms with Gasteiger partial charge in [-0.25, -0.2) is 0 Å². The summed E-state index contributed by atoms with van der Waals surface area (Å²) in [7, 11) is 0. The van der Waals surface area contributed by atoms with Crippen molar-refractivity contribution >= 4 is 39.2 Å². The largest absolute Gasteiger partial charge is 0.277 e. The summed E-state index contributed by atoms with van der Waals surface area (Å²) in [5.41, 5.74) is 5.05. The molecule has 0 unspecified atom stereocenters. The van der Waals surface area contributed by atoms with Crippen LogP contribution in [0.3, 0.4) is 0 Å². The number of benzene rings is 3. The molecule has 0 fully saturated rings. The van der Waals surface area contributed by atoms with E-state index >= 15 is 0 Å². The molecule has 0 saturated carbocycles. The van der Waals surface area contributed by atoms with Gasteiger partial charge in [0.1, 0.15) is 11.0 Å². The van der Waals surface area contributed by atoms with Crippen LogP contribution in [0.4, 0.5) is 0 Å². The van der Waals surface area contributed by atoms with Gasteiger partial charge in [0.15, 0.2) is 5.52 Å². The van der Waals surface area contributed by atoms with Gasteiger partial charge in [-0.3, -0.25) is 4.98 Å². The molecule has 3 aromatic carbocycles. The van der Waals surface area contributed by atoms with Crippen molar-refractivity contribution in [3.63, 3.8) is 0 Å². The van der Waals surface area contributed by atoms with E-state index in [2.05, 4.69) is 27.6 Å². The number of H-pyrrole nitrogens is 1. The smallest absolute Gasteiger partial charge is 0.269 e. The highest BCUT2D eigenvalue weighted by atomic mass is 35.5. The van der Waals surface area contributed by atoms with Crippen LogP contribution in [0, 0.1) is 0 Å². The molecule has 0 spiro atoms. The van der Waals surface area contributed by atoms with E-state index in [0.29, 0.717) is 5.02 Å². The van der Waals surface area contributed by atoms with Gasteiger partial charge in [-0.1, -0.05) is 48.0 Å². The van der Waals surface area contributed by atoms with Crippen molar-refractivity contribution in [1.82, 2.24) is 9.97 Å². The van der Waals surface area contributed by atoms with Crippen LogP contribution in [0.25, 0.3) is 39.0 Å². The lowest BCUT2D eigenvalue weighted by atomic mass is 10.1. The SMILES string of the molecule is Clc1ccccc1-c1nc2ccccc2c2[nH]c3ccccc3[n+]12. The first kappa shape index (κ1) is 13.5. The molecular weight excluding hydrogens is 318 g/mol. The van der Waals surface area contributed by atoms with Crippen molar-refractivity contribution in [3.8, 4) is 11.4 Å². The Morgan fingerprint density at radius 2 is 1.58 bits per heavy atom. The topological polar surface area (TPSA) is 32.8 Å². The van der Waals surface area contributed by atoms with Gasteiger partial charge in [0.05, 0.1) is 16.0 Å². The van der Waals surface area contributed by atoms with E-state index in [-0.39, 0.29) is 0 Å². The van der Waals surface area contributed by atoms with E-state index in [1.54, 1.807) is 0 Å². The van der Waals surface area contributed by atoms with Crippen LogP contribution >= 0.6 is 11.6 Å². The molecule has 4 heteroatoms. The van der Waals surface area contributed by atoms with Crippen LogP contribution in [-0.4, -0.2) is 9.97 Å². The van der Waals surface area contributed by atoms with Crippen LogP contribution in [0.15, 0.2) is 72.8 Å². The first-order chi connectivity index (χ1) is 11.8. The Balaban J connectivity index is 2.06. The molecule has 5 aromatic rings. The van der Waals surface area contributed by atoms with Crippen LogP contribution in [-0.2, 0) is 0 Å². The molecule has 2 heterocycles. The van der Waals surface area contributed by atoms with Gasteiger partial charge in [0, 0.05) is 0 Å². The molecule has 0 atom stereocenters. The second kappa shape index (κ2) is 5.05. The third-order valence-corrected chi connectivity index (χ3v) is 4.66. The Kier molecular flexibility index (Phi) is 2.84. The van der Waals surface area contributed by atoms with Gasteiger partial charge in [-0.2, -0.15) is 4.40 Å². The highest BCUT2D eigenvalue weighted by Gasteiger charge is 2.22. The van der Waals surface area contributed by atoms with E-state index in [0.717, 1.165) is 39.0 Å². The number of nitrogens with one attached hydrogen (secondary N) is 1. The average Bonchev–Trinajstić information content (AvgIpc) is 3.01. The lowest BCUT2D eigenvalue weighted by molar-refractivity contribution is -0.470. The predicted octanol–water partition coefficient (Wildman–Crippen LogP) is 4.78. The number of nitrogens with zero attached hydrogens (tertiary/aromatic N) is 2. The van der Waals surface area contributed by atoms with Crippen molar-refractivity contribution in [1.29, 1.82) is 0 Å². The highest BCUT2D eigenvalue weighted by molar-refractivity contribution is 6.33. The highest BCUT2D eigenvalue weighted by Crippen LogP contribution is 2.28. The fourth-order valence-corrected chi connectivity index (χ4v) is 3.46. The maximum atomic E-state index is 6.46. The Morgan fingerprint density at radius 1 is 0.833 bits per heavy atom. The summed E-state index contributed by atoms with van der Waals surface area (Å²) in [4.78, 5) is 8.45. The zero-order valence-electron chi connectivity index (χ0n) is 12.7. The molecule has 24 heavy (non-hydrogen) atoms. The average molecular weight is 331 g/mol. The van der Waals surface area contributed by atoms with E-state index in [1.165, 1.54) is 0 Å². The fourth-order valence-electron chi connectivity index (χ4n) is 3.24. The number of imidazole rings is 1. The van der Waals surface area contributed by atoms with Gasteiger partial charge >= 0.3 is 0 Å². The summed E-state index contributed by atoms with van der Waals surface area (Å²) >= 11 is 6.46. The molecule has 0 aliphatic rings. The summed E-state index contributed by atoms with van der Waals surface area (Å²) in [6.07, 6.45) is 0. The predicted molar refractivity (Wildman–Crippen MR) is 97.2 cm³/mol. The summed E-state index contributed by atoms with van der Waals surface area (Å²) < 4.78 is 2.15. The van der Waals surface area contributed by atoms with Crippen molar-refractivity contribution in [2.24, 2.45) is 0 Å². The fraction of sp³-hybridized carbons (Fsp3) is 0. The van der Waals surface area contributed by atoms with Crippen molar-refractivity contribution in [2.45, 2.75) is 0 Å². The molecule has 0 amide bonds. The number of para-hydroxylation sites is 3. The van der Waals surface area contributed by atoms with Crippen molar-refractivity contribution in [3.05, 3.63) is 77.8 Å². The minimum absolute atomic E-state index is 0.694. The third-order valence-electron chi connectivity index (χ3n) is 4.33. The summed E-state index contributed by atoms with van der Waals surface area (Å²) in [5.74, 6) is 0.840. The summed E-state index contributed by atoms with van der Waals surface area (Å²) in [6.45, 7) is 0. The third kappa shape index (κ3) is 1.85. The normalized spacial score (nSPS) is 11.5. The molecule has 3 nitrogen and oxygen atoms in total. The molecule has 0 radical (unpaired) electrons. The zero-order chi connectivity index (χ0) is 16.1. The molecular formula is C20H13ClN3+. The van der Waals surface area contributed by atoms with Gasteiger partial charge in [0.25, 0.3) is 5.82 Å². The number of aromatic amines is 1. The Morgan fingerprint density at radius 3 is 2.50 bits per heavy atom. The number of hydrogen-bond donors (Lipinski definition) is 1. The second-order valence-corrected chi connectivity index (χ2v) is 6.17. The number of rotatable bonds is 1. The first-order valence-corrected chi connectivity index (χ1v) is 8.17. The van der Waals surface area contributed by atoms with Gasteiger partial charge < -0.3 is 0 Å². The van der Waals surface area contributed by atoms with Gasteiger partial charge in [-0.05, 0) is 36.4 Å². The molecule has 0 saturated heterocycles. The lowest BCUT2D eigenvalue weighted by Gasteiger charge is -2.03. The van der Waals surface area contributed by atoms with Crippen molar-refractivity contribution < 1.29 is 4.40 Å². The molecule has 114 valence electrons. The van der Waals surface area contributed by atoms with E-state index < -0.39 is 0 Å². The van der Waals surface area contributed by atoms with Crippen LogP contribution in [0.1, 0.15) is 0 Å². The quantitative estimate of drug-likeness (QED) is 0.441. The Hall–Kier alpha value is -2.91. The Labute approximate surface area is 143 Å². The molecule has 5 rings (SSSR count). The zero-order valence-corrected chi connectivity index (χ0v) is 13.5. The minimum Gasteiger partial charge on any atom is -0.269 e. The number of fused-ring (bicyclic) bond motifs is 5. The maximum absolute atomic E-state index is 6.46. The Bertz CT molecular complexity index is 1220.